The van der Waals surface area contributed by atoms with E-state index in [1.165, 1.54) is 0 Å². The highest BCUT2D eigenvalue weighted by molar-refractivity contribution is 14.1. The Kier molecular flexibility index (Phi) is 4.29. The highest BCUT2D eigenvalue weighted by Gasteiger charge is 1.98. The molecule has 0 aromatic heterocycles. The molecule has 0 fully saturated rings. The molecule has 1 rings (SSSR count). The fourth-order valence-corrected chi connectivity index (χ4v) is 1.44. The Labute approximate surface area is 100 Å². The minimum absolute atomic E-state index is 0.459. The van der Waals surface area contributed by atoms with Gasteiger partial charge in [-0.25, -0.2) is 4.79 Å². The second-order valence-corrected chi connectivity index (χ2v) is 3.92. The van der Waals surface area contributed by atoms with Crippen molar-refractivity contribution in [2.45, 2.75) is 0 Å². The van der Waals surface area contributed by atoms with E-state index in [9.17, 15) is 9.59 Å². The van der Waals surface area contributed by atoms with Crippen LogP contribution in [0, 0.1) is 3.57 Å². The third kappa shape index (κ3) is 4.59. The normalized spacial score (nSPS) is 10.2. The van der Waals surface area contributed by atoms with Crippen LogP contribution in [0.4, 0.5) is 5.69 Å². The van der Waals surface area contributed by atoms with Crippen LogP contribution in [0.25, 0.3) is 0 Å². The van der Waals surface area contributed by atoms with Gasteiger partial charge in [-0.15, -0.1) is 0 Å². The number of carboxylic acid groups (broad SMARTS) is 1. The predicted octanol–water partition coefficient (Wildman–Crippen LogP) is 1.87. The summed E-state index contributed by atoms with van der Waals surface area (Å²) in [4.78, 5) is 21.3. The van der Waals surface area contributed by atoms with Crippen LogP contribution in [-0.2, 0) is 9.59 Å². The molecule has 1 amide bonds. The van der Waals surface area contributed by atoms with Crippen molar-refractivity contribution >= 4 is 40.2 Å². The first-order chi connectivity index (χ1) is 7.08. The zero-order valence-corrected chi connectivity index (χ0v) is 9.76. The maximum absolute atomic E-state index is 11.2. The molecule has 0 unspecified atom stereocenters. The molecule has 15 heavy (non-hydrogen) atoms. The monoisotopic (exact) mass is 317 g/mol. The lowest BCUT2D eigenvalue weighted by atomic mass is 10.3. The van der Waals surface area contributed by atoms with Gasteiger partial charge < -0.3 is 10.4 Å². The second-order valence-electron chi connectivity index (χ2n) is 2.67. The van der Waals surface area contributed by atoms with Crippen LogP contribution in [0.5, 0.6) is 0 Å². The Morgan fingerprint density at radius 2 is 2.07 bits per heavy atom. The molecule has 0 saturated carbocycles. The number of carbonyl (C=O) groups is 2. The zero-order valence-electron chi connectivity index (χ0n) is 7.61. The van der Waals surface area contributed by atoms with Crippen LogP contribution in [-0.4, -0.2) is 17.0 Å². The fourth-order valence-electron chi connectivity index (χ4n) is 0.897. The van der Waals surface area contributed by atoms with E-state index < -0.39 is 11.9 Å². The summed E-state index contributed by atoms with van der Waals surface area (Å²) in [6, 6.07) is 7.21. The molecule has 0 bridgehead atoms. The minimum atomic E-state index is -1.15. The molecular formula is C10H8INO3. The first-order valence-electron chi connectivity index (χ1n) is 4.05. The molecular weight excluding hydrogens is 309 g/mol. The van der Waals surface area contributed by atoms with Gasteiger partial charge in [-0.1, -0.05) is 6.07 Å². The minimum Gasteiger partial charge on any atom is -0.478 e. The van der Waals surface area contributed by atoms with E-state index in [1.807, 2.05) is 6.07 Å². The van der Waals surface area contributed by atoms with Gasteiger partial charge in [0.2, 0.25) is 5.91 Å². The molecule has 0 aliphatic carbocycles. The molecule has 0 saturated heterocycles. The van der Waals surface area contributed by atoms with Crippen molar-refractivity contribution in [2.24, 2.45) is 0 Å². The zero-order chi connectivity index (χ0) is 11.3. The Morgan fingerprint density at radius 3 is 2.67 bits per heavy atom. The van der Waals surface area contributed by atoms with Crippen LogP contribution in [0.3, 0.4) is 0 Å². The predicted molar refractivity (Wildman–Crippen MR) is 64.6 cm³/mol. The highest BCUT2D eigenvalue weighted by atomic mass is 127. The standard InChI is InChI=1S/C10H8INO3/c11-7-2-1-3-8(6-7)12-9(13)4-5-10(14)15/h1-6H,(H,12,13)(H,14,15)/b5-4+. The summed E-state index contributed by atoms with van der Waals surface area (Å²) in [6.07, 6.45) is 1.77. The van der Waals surface area contributed by atoms with Crippen LogP contribution >= 0.6 is 22.6 Å². The van der Waals surface area contributed by atoms with Gasteiger partial charge in [0, 0.05) is 21.4 Å². The maximum Gasteiger partial charge on any atom is 0.328 e. The summed E-state index contributed by atoms with van der Waals surface area (Å²) in [5.41, 5.74) is 0.641. The number of nitrogens with one attached hydrogen (secondary N) is 1. The summed E-state index contributed by atoms with van der Waals surface area (Å²) in [5, 5.41) is 10.8. The van der Waals surface area contributed by atoms with E-state index >= 15 is 0 Å². The van der Waals surface area contributed by atoms with E-state index in [-0.39, 0.29) is 0 Å². The van der Waals surface area contributed by atoms with Crippen molar-refractivity contribution in [3.05, 3.63) is 40.0 Å². The summed E-state index contributed by atoms with van der Waals surface area (Å²) >= 11 is 2.12. The number of carbonyl (C=O) groups excluding carboxylic acids is 1. The lowest BCUT2D eigenvalue weighted by Crippen LogP contribution is -2.08. The summed E-state index contributed by atoms with van der Waals surface area (Å²) in [6.45, 7) is 0. The van der Waals surface area contributed by atoms with Gasteiger partial charge in [0.05, 0.1) is 0 Å². The van der Waals surface area contributed by atoms with Gasteiger partial charge in [0.25, 0.3) is 0 Å². The number of benzene rings is 1. The maximum atomic E-state index is 11.2. The molecule has 0 aliphatic heterocycles. The third-order valence-electron chi connectivity index (χ3n) is 1.47. The van der Waals surface area contributed by atoms with E-state index in [2.05, 4.69) is 27.9 Å². The van der Waals surface area contributed by atoms with Crippen molar-refractivity contribution in [2.75, 3.05) is 5.32 Å². The summed E-state index contributed by atoms with van der Waals surface area (Å²) in [7, 11) is 0. The van der Waals surface area contributed by atoms with E-state index in [1.54, 1.807) is 18.2 Å². The van der Waals surface area contributed by atoms with E-state index in [0.717, 1.165) is 15.7 Å². The molecule has 0 spiro atoms. The molecule has 0 radical (unpaired) electrons. The molecule has 0 heterocycles. The lowest BCUT2D eigenvalue weighted by molar-refractivity contribution is -0.131. The number of carboxylic acids is 1. The molecule has 1 aromatic carbocycles. The number of anilines is 1. The molecule has 1 aromatic rings. The molecule has 4 nitrogen and oxygen atoms in total. The highest BCUT2D eigenvalue weighted by Crippen LogP contribution is 2.12. The Balaban J connectivity index is 2.63. The van der Waals surface area contributed by atoms with Gasteiger partial charge in [-0.2, -0.15) is 0 Å². The van der Waals surface area contributed by atoms with Gasteiger partial charge in [0.15, 0.2) is 0 Å². The SMILES string of the molecule is O=C(O)/C=C/C(=O)Nc1cccc(I)c1. The largest absolute Gasteiger partial charge is 0.478 e. The Hall–Kier alpha value is -1.37. The van der Waals surface area contributed by atoms with Crippen molar-refractivity contribution in [1.29, 1.82) is 0 Å². The van der Waals surface area contributed by atoms with Gasteiger partial charge in [-0.3, -0.25) is 4.79 Å². The van der Waals surface area contributed by atoms with Gasteiger partial charge in [-0.05, 0) is 40.8 Å². The van der Waals surface area contributed by atoms with Crippen LogP contribution in [0.1, 0.15) is 0 Å². The van der Waals surface area contributed by atoms with Gasteiger partial charge >= 0.3 is 5.97 Å². The topological polar surface area (TPSA) is 66.4 Å². The number of rotatable bonds is 3. The number of amides is 1. The summed E-state index contributed by atoms with van der Waals surface area (Å²) < 4.78 is 0.993. The average molecular weight is 317 g/mol. The second kappa shape index (κ2) is 5.50. The molecule has 0 aliphatic rings. The Bertz CT molecular complexity index is 415. The Morgan fingerprint density at radius 1 is 1.33 bits per heavy atom. The number of hydrogen-bond donors (Lipinski definition) is 2. The molecule has 78 valence electrons. The van der Waals surface area contributed by atoms with E-state index in [0.29, 0.717) is 5.69 Å². The average Bonchev–Trinajstić information content (AvgIpc) is 2.15. The first kappa shape index (κ1) is 11.7. The van der Waals surface area contributed by atoms with Crippen molar-refractivity contribution in [1.82, 2.24) is 0 Å². The molecule has 5 heteroatoms. The number of hydrogen-bond acceptors (Lipinski definition) is 2. The van der Waals surface area contributed by atoms with Crippen molar-refractivity contribution in [3.8, 4) is 0 Å². The lowest BCUT2D eigenvalue weighted by Gasteiger charge is -2.01. The molecule has 2 N–H and O–H groups in total. The van der Waals surface area contributed by atoms with Gasteiger partial charge in [0.1, 0.15) is 0 Å². The number of halogens is 1. The van der Waals surface area contributed by atoms with Crippen LogP contribution in [0.2, 0.25) is 0 Å². The van der Waals surface area contributed by atoms with Crippen LogP contribution in [0.15, 0.2) is 36.4 Å². The fraction of sp³-hybridized carbons (Fsp3) is 0. The third-order valence-corrected chi connectivity index (χ3v) is 2.14. The first-order valence-corrected chi connectivity index (χ1v) is 5.13. The quantitative estimate of drug-likeness (QED) is 0.661. The van der Waals surface area contributed by atoms with E-state index in [4.69, 9.17) is 5.11 Å². The molecule has 0 atom stereocenters. The van der Waals surface area contributed by atoms with Crippen molar-refractivity contribution < 1.29 is 14.7 Å². The number of aliphatic carboxylic acids is 1. The smallest absolute Gasteiger partial charge is 0.328 e. The van der Waals surface area contributed by atoms with Crippen molar-refractivity contribution in [3.63, 3.8) is 0 Å². The van der Waals surface area contributed by atoms with Crippen LogP contribution < -0.4 is 5.32 Å². The summed E-state index contributed by atoms with van der Waals surface area (Å²) in [5.74, 6) is -1.60.